The lowest BCUT2D eigenvalue weighted by molar-refractivity contribution is -0.110. The third-order valence-corrected chi connectivity index (χ3v) is 3.52. The Morgan fingerprint density at radius 1 is 1.71 bits per heavy atom. The Hall–Kier alpha value is -0.580. The van der Waals surface area contributed by atoms with Crippen LogP contribution in [0.25, 0.3) is 0 Å². The molecular weight excluding hydrogens is 222 g/mol. The van der Waals surface area contributed by atoms with Gasteiger partial charge in [0.25, 0.3) is 0 Å². The average molecular weight is 232 g/mol. The number of anilines is 1. The molecule has 0 radical (unpaired) electrons. The Kier molecular flexibility index (Phi) is 2.76. The lowest BCUT2D eigenvalue weighted by Gasteiger charge is -2.21. The summed E-state index contributed by atoms with van der Waals surface area (Å²) < 4.78 is 0.700. The molecule has 14 heavy (non-hydrogen) atoms. The molecule has 2 rings (SSSR count). The van der Waals surface area contributed by atoms with Crippen LogP contribution in [-0.4, -0.2) is 30.1 Å². The maximum absolute atomic E-state index is 10.8. The highest BCUT2D eigenvalue weighted by Gasteiger charge is 2.32. The number of aliphatic hydroxyl groups excluding tert-OH is 1. The average Bonchev–Trinajstić information content (AvgIpc) is 2.71. The van der Waals surface area contributed by atoms with E-state index in [1.54, 1.807) is 0 Å². The Labute approximate surface area is 90.9 Å². The summed E-state index contributed by atoms with van der Waals surface area (Å²) in [5.41, 5.74) is 0.925. The molecule has 0 saturated carbocycles. The summed E-state index contributed by atoms with van der Waals surface area (Å²) in [7, 11) is 0. The van der Waals surface area contributed by atoms with E-state index in [9.17, 15) is 9.90 Å². The SMILES string of the molecule is O=CC1C(O)CCN1c1csc(Cl)c1. The van der Waals surface area contributed by atoms with Crippen LogP contribution < -0.4 is 4.90 Å². The number of aldehydes is 1. The maximum Gasteiger partial charge on any atom is 0.145 e. The summed E-state index contributed by atoms with van der Waals surface area (Å²) in [4.78, 5) is 12.7. The molecule has 0 aromatic carbocycles. The van der Waals surface area contributed by atoms with E-state index in [1.165, 1.54) is 11.3 Å². The fraction of sp³-hybridized carbons (Fsp3) is 0.444. The summed E-state index contributed by atoms with van der Waals surface area (Å²) in [6.07, 6.45) is 0.881. The van der Waals surface area contributed by atoms with Crippen molar-refractivity contribution < 1.29 is 9.90 Å². The molecule has 0 aliphatic carbocycles. The van der Waals surface area contributed by atoms with Crippen molar-refractivity contribution in [3.8, 4) is 0 Å². The molecule has 1 aromatic rings. The molecule has 1 N–H and O–H groups in total. The number of hydrogen-bond donors (Lipinski definition) is 1. The zero-order chi connectivity index (χ0) is 10.1. The Morgan fingerprint density at radius 2 is 2.50 bits per heavy atom. The third-order valence-electron chi connectivity index (χ3n) is 2.44. The first-order valence-electron chi connectivity index (χ1n) is 4.36. The van der Waals surface area contributed by atoms with Gasteiger partial charge in [0.2, 0.25) is 0 Å². The number of nitrogens with zero attached hydrogens (tertiary/aromatic N) is 1. The van der Waals surface area contributed by atoms with Crippen LogP contribution in [0.2, 0.25) is 4.34 Å². The minimum atomic E-state index is -0.550. The second-order valence-corrected chi connectivity index (χ2v) is 4.83. The zero-order valence-electron chi connectivity index (χ0n) is 7.39. The fourth-order valence-electron chi connectivity index (χ4n) is 1.72. The van der Waals surface area contributed by atoms with Gasteiger partial charge in [-0.1, -0.05) is 11.6 Å². The van der Waals surface area contributed by atoms with Gasteiger partial charge in [0.05, 0.1) is 10.4 Å². The molecular formula is C9H10ClNO2S. The maximum atomic E-state index is 10.8. The molecule has 2 unspecified atom stereocenters. The number of hydrogen-bond acceptors (Lipinski definition) is 4. The van der Waals surface area contributed by atoms with E-state index in [0.717, 1.165) is 12.0 Å². The molecule has 5 heteroatoms. The van der Waals surface area contributed by atoms with E-state index in [4.69, 9.17) is 11.6 Å². The second kappa shape index (κ2) is 3.88. The van der Waals surface area contributed by atoms with Gasteiger partial charge < -0.3 is 14.8 Å². The Bertz CT molecular complexity index is 341. The molecule has 76 valence electrons. The standard InChI is InChI=1S/C9H10ClNO2S/c10-9-3-6(5-14-9)11-2-1-8(13)7(11)4-12/h3-5,7-8,13H,1-2H2. The van der Waals surface area contributed by atoms with Crippen molar-refractivity contribution in [2.45, 2.75) is 18.6 Å². The highest BCUT2D eigenvalue weighted by atomic mass is 35.5. The fourth-order valence-corrected chi connectivity index (χ4v) is 2.59. The lowest BCUT2D eigenvalue weighted by atomic mass is 10.2. The van der Waals surface area contributed by atoms with Crippen LogP contribution in [0.5, 0.6) is 0 Å². The number of rotatable bonds is 2. The third kappa shape index (κ3) is 1.65. The number of aliphatic hydroxyl groups is 1. The monoisotopic (exact) mass is 231 g/mol. The van der Waals surface area contributed by atoms with E-state index >= 15 is 0 Å². The second-order valence-electron chi connectivity index (χ2n) is 3.29. The number of thiophene rings is 1. The van der Waals surface area contributed by atoms with Gasteiger partial charge in [0.15, 0.2) is 0 Å². The molecule has 1 fully saturated rings. The van der Waals surface area contributed by atoms with Crippen molar-refractivity contribution in [2.75, 3.05) is 11.4 Å². The first kappa shape index (κ1) is 9.96. The summed E-state index contributed by atoms with van der Waals surface area (Å²) in [5.74, 6) is 0. The van der Waals surface area contributed by atoms with Crippen LogP contribution in [0.3, 0.4) is 0 Å². The summed E-state index contributed by atoms with van der Waals surface area (Å²) in [6, 6.07) is 1.40. The zero-order valence-corrected chi connectivity index (χ0v) is 8.96. The van der Waals surface area contributed by atoms with E-state index in [2.05, 4.69) is 0 Å². The van der Waals surface area contributed by atoms with E-state index in [-0.39, 0.29) is 0 Å². The van der Waals surface area contributed by atoms with Gasteiger partial charge in [-0.25, -0.2) is 0 Å². The summed E-state index contributed by atoms with van der Waals surface area (Å²) >= 11 is 7.24. The minimum Gasteiger partial charge on any atom is -0.390 e. The van der Waals surface area contributed by atoms with Crippen molar-refractivity contribution >= 4 is 34.9 Å². The van der Waals surface area contributed by atoms with Crippen LogP contribution in [0.15, 0.2) is 11.4 Å². The largest absolute Gasteiger partial charge is 0.390 e. The van der Waals surface area contributed by atoms with E-state index in [0.29, 0.717) is 17.3 Å². The van der Waals surface area contributed by atoms with Crippen LogP contribution in [0.1, 0.15) is 6.42 Å². The van der Waals surface area contributed by atoms with Gasteiger partial charge in [0, 0.05) is 17.6 Å². The van der Waals surface area contributed by atoms with Crippen LogP contribution in [-0.2, 0) is 4.79 Å². The summed E-state index contributed by atoms with van der Waals surface area (Å²) in [5, 5.41) is 11.4. The lowest BCUT2D eigenvalue weighted by Crippen LogP contribution is -2.36. The molecule has 1 aliphatic rings. The van der Waals surface area contributed by atoms with Crippen LogP contribution >= 0.6 is 22.9 Å². The van der Waals surface area contributed by atoms with Gasteiger partial charge in [-0.2, -0.15) is 0 Å². The molecule has 0 spiro atoms. The Morgan fingerprint density at radius 3 is 3.07 bits per heavy atom. The quantitative estimate of drug-likeness (QED) is 0.785. The van der Waals surface area contributed by atoms with Crippen molar-refractivity contribution in [3.05, 3.63) is 15.8 Å². The smallest absolute Gasteiger partial charge is 0.145 e. The van der Waals surface area contributed by atoms with Crippen LogP contribution in [0, 0.1) is 0 Å². The van der Waals surface area contributed by atoms with Crippen molar-refractivity contribution in [2.24, 2.45) is 0 Å². The van der Waals surface area contributed by atoms with Gasteiger partial charge in [-0.3, -0.25) is 0 Å². The molecule has 0 bridgehead atoms. The molecule has 0 amide bonds. The minimum absolute atomic E-state index is 0.416. The van der Waals surface area contributed by atoms with E-state index < -0.39 is 12.1 Å². The van der Waals surface area contributed by atoms with Crippen molar-refractivity contribution in [1.82, 2.24) is 0 Å². The van der Waals surface area contributed by atoms with Gasteiger partial charge in [-0.05, 0) is 12.5 Å². The highest BCUT2D eigenvalue weighted by Crippen LogP contribution is 2.31. The van der Waals surface area contributed by atoms with E-state index in [1.807, 2.05) is 16.3 Å². The van der Waals surface area contributed by atoms with Gasteiger partial charge in [0.1, 0.15) is 12.3 Å². The first-order chi connectivity index (χ1) is 6.72. The molecule has 2 heterocycles. The normalized spacial score (nSPS) is 26.9. The van der Waals surface area contributed by atoms with Crippen molar-refractivity contribution in [3.63, 3.8) is 0 Å². The first-order valence-corrected chi connectivity index (χ1v) is 5.62. The number of halogens is 1. The Balaban J connectivity index is 2.22. The number of carbonyl (C=O) groups is 1. The predicted octanol–water partition coefficient (Wildman–Crippen LogP) is 1.54. The number of carbonyl (C=O) groups excluding carboxylic acids is 1. The van der Waals surface area contributed by atoms with Crippen molar-refractivity contribution in [1.29, 1.82) is 0 Å². The van der Waals surface area contributed by atoms with Crippen LogP contribution in [0.4, 0.5) is 5.69 Å². The molecule has 3 nitrogen and oxygen atoms in total. The predicted molar refractivity (Wildman–Crippen MR) is 57.2 cm³/mol. The van der Waals surface area contributed by atoms with Gasteiger partial charge >= 0.3 is 0 Å². The highest BCUT2D eigenvalue weighted by molar-refractivity contribution is 7.14. The summed E-state index contributed by atoms with van der Waals surface area (Å²) in [6.45, 7) is 0.706. The van der Waals surface area contributed by atoms with Gasteiger partial charge in [-0.15, -0.1) is 11.3 Å². The molecule has 1 aliphatic heterocycles. The topological polar surface area (TPSA) is 40.5 Å². The molecule has 1 saturated heterocycles. The molecule has 2 atom stereocenters. The molecule has 1 aromatic heterocycles.